The quantitative estimate of drug-likeness (QED) is 0.595. The van der Waals surface area contributed by atoms with Crippen LogP contribution in [0.1, 0.15) is 28.4 Å². The molecule has 0 spiro atoms. The van der Waals surface area contributed by atoms with Gasteiger partial charge in [-0.1, -0.05) is 6.07 Å². The lowest BCUT2D eigenvalue weighted by Crippen LogP contribution is -2.18. The van der Waals surface area contributed by atoms with E-state index >= 15 is 0 Å². The van der Waals surface area contributed by atoms with Gasteiger partial charge in [0.15, 0.2) is 0 Å². The highest BCUT2D eigenvalue weighted by atomic mass is 35.5. The van der Waals surface area contributed by atoms with Crippen molar-refractivity contribution in [3.8, 4) is 5.75 Å². The van der Waals surface area contributed by atoms with E-state index in [9.17, 15) is 20.1 Å². The van der Waals surface area contributed by atoms with Crippen molar-refractivity contribution in [1.82, 2.24) is 0 Å². The molecule has 2 atom stereocenters. The van der Waals surface area contributed by atoms with Gasteiger partial charge in [-0.25, -0.2) is 4.79 Å². The standard InChI is InChI=1S/C11H13ClO5/c12-4-3-8(13)10(15)6-1-2-7(11(16)17)9(14)5-6/h1-2,5,8,10,13-15H,3-4H2,(H,16,17). The molecule has 0 saturated heterocycles. The second kappa shape index (κ2) is 5.86. The molecule has 1 rings (SSSR count). The number of carbonyl (C=O) groups is 1. The van der Waals surface area contributed by atoms with Gasteiger partial charge in [0.25, 0.3) is 0 Å². The van der Waals surface area contributed by atoms with E-state index in [2.05, 4.69) is 0 Å². The number of benzene rings is 1. The average molecular weight is 261 g/mol. The molecule has 94 valence electrons. The van der Waals surface area contributed by atoms with E-state index in [0.717, 1.165) is 6.07 Å². The Morgan fingerprint density at radius 2 is 2.00 bits per heavy atom. The molecule has 2 unspecified atom stereocenters. The van der Waals surface area contributed by atoms with Gasteiger partial charge in [-0.05, 0) is 24.1 Å². The van der Waals surface area contributed by atoms with Crippen molar-refractivity contribution in [2.24, 2.45) is 0 Å². The Morgan fingerprint density at radius 3 is 2.47 bits per heavy atom. The monoisotopic (exact) mass is 260 g/mol. The van der Waals surface area contributed by atoms with Crippen LogP contribution in [0.25, 0.3) is 0 Å². The number of carboxylic acids is 1. The van der Waals surface area contributed by atoms with Gasteiger partial charge >= 0.3 is 5.97 Å². The topological polar surface area (TPSA) is 98.0 Å². The molecule has 1 aromatic carbocycles. The maximum absolute atomic E-state index is 10.6. The fourth-order valence-corrected chi connectivity index (χ4v) is 1.63. The summed E-state index contributed by atoms with van der Waals surface area (Å²) in [4.78, 5) is 10.6. The second-order valence-corrected chi connectivity index (χ2v) is 3.95. The molecule has 6 heteroatoms. The van der Waals surface area contributed by atoms with E-state index in [1.54, 1.807) is 0 Å². The molecule has 5 nitrogen and oxygen atoms in total. The number of aromatic carboxylic acids is 1. The van der Waals surface area contributed by atoms with Crippen LogP contribution in [-0.2, 0) is 0 Å². The minimum absolute atomic E-state index is 0.192. The average Bonchev–Trinajstić information content (AvgIpc) is 2.27. The molecule has 0 aliphatic rings. The van der Waals surface area contributed by atoms with Crippen LogP contribution in [0, 0.1) is 0 Å². The Labute approximate surface area is 103 Å². The SMILES string of the molecule is O=C(O)c1ccc(C(O)C(O)CCCl)cc1O. The Morgan fingerprint density at radius 1 is 1.35 bits per heavy atom. The Bertz CT molecular complexity index is 407. The summed E-state index contributed by atoms with van der Waals surface area (Å²) in [5, 5.41) is 37.3. The van der Waals surface area contributed by atoms with Gasteiger partial charge in [-0.15, -0.1) is 11.6 Å². The number of aliphatic hydroxyl groups is 2. The van der Waals surface area contributed by atoms with Crippen LogP contribution in [-0.4, -0.2) is 38.4 Å². The summed E-state index contributed by atoms with van der Waals surface area (Å²) < 4.78 is 0. The maximum atomic E-state index is 10.6. The summed E-state index contributed by atoms with van der Waals surface area (Å²) in [6, 6.07) is 3.63. The van der Waals surface area contributed by atoms with Crippen LogP contribution in [0.3, 0.4) is 0 Å². The van der Waals surface area contributed by atoms with Crippen LogP contribution in [0.4, 0.5) is 0 Å². The number of aliphatic hydroxyl groups excluding tert-OH is 2. The molecule has 0 aromatic heterocycles. The summed E-state index contributed by atoms with van der Waals surface area (Å²) in [7, 11) is 0. The van der Waals surface area contributed by atoms with Crippen LogP contribution in [0.15, 0.2) is 18.2 Å². The van der Waals surface area contributed by atoms with Gasteiger partial charge in [-0.3, -0.25) is 0 Å². The minimum Gasteiger partial charge on any atom is -0.507 e. The predicted molar refractivity (Wildman–Crippen MR) is 61.4 cm³/mol. The van der Waals surface area contributed by atoms with Crippen molar-refractivity contribution in [3.05, 3.63) is 29.3 Å². The van der Waals surface area contributed by atoms with Gasteiger partial charge < -0.3 is 20.4 Å². The molecular formula is C11H13ClO5. The van der Waals surface area contributed by atoms with Crippen LogP contribution < -0.4 is 0 Å². The van der Waals surface area contributed by atoms with Crippen molar-refractivity contribution in [3.63, 3.8) is 0 Å². The first kappa shape index (κ1) is 13.8. The van der Waals surface area contributed by atoms with Crippen LogP contribution >= 0.6 is 11.6 Å². The van der Waals surface area contributed by atoms with E-state index in [-0.39, 0.29) is 23.4 Å². The summed E-state index contributed by atoms with van der Waals surface area (Å²) >= 11 is 5.43. The molecule has 0 aliphatic heterocycles. The molecule has 0 saturated carbocycles. The van der Waals surface area contributed by atoms with Crippen molar-refractivity contribution in [2.45, 2.75) is 18.6 Å². The van der Waals surface area contributed by atoms with E-state index in [1.165, 1.54) is 12.1 Å². The van der Waals surface area contributed by atoms with Crippen molar-refractivity contribution in [1.29, 1.82) is 0 Å². The van der Waals surface area contributed by atoms with Crippen molar-refractivity contribution < 1.29 is 25.2 Å². The number of rotatable bonds is 5. The van der Waals surface area contributed by atoms with Gasteiger partial charge in [0.1, 0.15) is 17.4 Å². The lowest BCUT2D eigenvalue weighted by Gasteiger charge is -2.17. The zero-order chi connectivity index (χ0) is 13.0. The molecular weight excluding hydrogens is 248 g/mol. The number of hydrogen-bond donors (Lipinski definition) is 4. The smallest absolute Gasteiger partial charge is 0.339 e. The van der Waals surface area contributed by atoms with E-state index in [0.29, 0.717) is 0 Å². The highest BCUT2D eigenvalue weighted by Crippen LogP contribution is 2.25. The van der Waals surface area contributed by atoms with E-state index < -0.39 is 23.9 Å². The number of phenols is 1. The number of aromatic hydroxyl groups is 1. The lowest BCUT2D eigenvalue weighted by atomic mass is 10.0. The Kier molecular flexibility index (Phi) is 4.74. The van der Waals surface area contributed by atoms with Crippen LogP contribution in [0.5, 0.6) is 5.75 Å². The van der Waals surface area contributed by atoms with Gasteiger partial charge in [-0.2, -0.15) is 0 Å². The molecule has 0 radical (unpaired) electrons. The third-order valence-corrected chi connectivity index (χ3v) is 2.58. The van der Waals surface area contributed by atoms with E-state index in [1.807, 2.05) is 0 Å². The number of alkyl halides is 1. The number of hydrogen-bond acceptors (Lipinski definition) is 4. The maximum Gasteiger partial charge on any atom is 0.339 e. The molecule has 0 fully saturated rings. The molecule has 0 heterocycles. The van der Waals surface area contributed by atoms with Gasteiger partial charge in [0, 0.05) is 5.88 Å². The fourth-order valence-electron chi connectivity index (χ4n) is 1.41. The highest BCUT2D eigenvalue weighted by Gasteiger charge is 2.20. The lowest BCUT2D eigenvalue weighted by molar-refractivity contribution is 0.0169. The molecule has 0 amide bonds. The first-order chi connectivity index (χ1) is 7.97. The van der Waals surface area contributed by atoms with Crippen molar-refractivity contribution in [2.75, 3.05) is 5.88 Å². The fraction of sp³-hybridized carbons (Fsp3) is 0.364. The predicted octanol–water partition coefficient (Wildman–Crippen LogP) is 1.11. The van der Waals surface area contributed by atoms with Gasteiger partial charge in [0.05, 0.1) is 6.10 Å². The minimum atomic E-state index is -1.26. The molecule has 0 aliphatic carbocycles. The summed E-state index contributed by atoms with van der Waals surface area (Å²) in [6.07, 6.45) is -2.06. The number of halogens is 1. The first-order valence-electron chi connectivity index (χ1n) is 4.95. The zero-order valence-corrected chi connectivity index (χ0v) is 9.63. The summed E-state index contributed by atoms with van der Waals surface area (Å²) in [6.45, 7) is 0. The Balaban J connectivity index is 2.93. The molecule has 1 aromatic rings. The highest BCUT2D eigenvalue weighted by molar-refractivity contribution is 6.17. The van der Waals surface area contributed by atoms with E-state index in [4.69, 9.17) is 16.7 Å². The third-order valence-electron chi connectivity index (χ3n) is 2.36. The largest absolute Gasteiger partial charge is 0.507 e. The summed E-state index contributed by atoms with van der Waals surface area (Å²) in [5.74, 6) is -1.52. The summed E-state index contributed by atoms with van der Waals surface area (Å²) in [5.41, 5.74) is -0.0158. The zero-order valence-electron chi connectivity index (χ0n) is 8.88. The first-order valence-corrected chi connectivity index (χ1v) is 5.49. The third kappa shape index (κ3) is 3.33. The van der Waals surface area contributed by atoms with Crippen molar-refractivity contribution >= 4 is 17.6 Å². The molecule has 0 bridgehead atoms. The number of carboxylic acid groups (broad SMARTS) is 1. The molecule has 17 heavy (non-hydrogen) atoms. The van der Waals surface area contributed by atoms with Gasteiger partial charge in [0.2, 0.25) is 0 Å². The Hall–Kier alpha value is -1.30. The second-order valence-electron chi connectivity index (χ2n) is 3.57. The van der Waals surface area contributed by atoms with Crippen LogP contribution in [0.2, 0.25) is 0 Å². The normalized spacial score (nSPS) is 14.3. The molecule has 4 N–H and O–H groups in total.